The molecule has 1 heterocycles. The van der Waals surface area contributed by atoms with E-state index in [0.29, 0.717) is 0 Å². The van der Waals surface area contributed by atoms with Crippen LogP contribution in [0, 0.1) is 0 Å². The number of aromatic nitrogens is 3. The number of carbonyl (C=O) groups excluding carboxylic acids is 1. The van der Waals surface area contributed by atoms with Gasteiger partial charge in [-0.25, -0.2) is 9.67 Å². The van der Waals surface area contributed by atoms with Crippen LogP contribution in [-0.2, 0) is 10.2 Å². The van der Waals surface area contributed by atoms with Crippen LogP contribution < -0.4 is 5.32 Å². The summed E-state index contributed by atoms with van der Waals surface area (Å²) in [6.45, 7) is 10.1. The zero-order chi connectivity index (χ0) is 16.3. The van der Waals surface area contributed by atoms with Gasteiger partial charge in [-0.1, -0.05) is 39.8 Å². The van der Waals surface area contributed by atoms with Gasteiger partial charge in [-0.3, -0.25) is 4.79 Å². The van der Waals surface area contributed by atoms with E-state index in [1.54, 1.807) is 4.68 Å². The summed E-state index contributed by atoms with van der Waals surface area (Å²) in [6.07, 6.45) is 2.29. The van der Waals surface area contributed by atoms with Crippen molar-refractivity contribution in [2.45, 2.75) is 52.5 Å². The van der Waals surface area contributed by atoms with Crippen LogP contribution in [0.2, 0.25) is 0 Å². The van der Waals surface area contributed by atoms with Crippen molar-refractivity contribution in [2.75, 3.05) is 0 Å². The van der Waals surface area contributed by atoms with Gasteiger partial charge in [0.05, 0.1) is 11.7 Å². The van der Waals surface area contributed by atoms with Crippen molar-refractivity contribution in [3.05, 3.63) is 42.0 Å². The maximum atomic E-state index is 11.3. The topological polar surface area (TPSA) is 59.8 Å². The lowest BCUT2D eigenvalue weighted by Gasteiger charge is -2.20. The van der Waals surface area contributed by atoms with Crippen LogP contribution in [-0.4, -0.2) is 20.7 Å². The molecule has 0 saturated heterocycles. The number of nitrogens with one attached hydrogen (secondary N) is 1. The van der Waals surface area contributed by atoms with Crippen LogP contribution in [0.1, 0.15) is 58.5 Å². The molecule has 1 aromatic heterocycles. The zero-order valence-corrected chi connectivity index (χ0v) is 13.9. The molecule has 0 aliphatic heterocycles. The molecule has 0 aliphatic rings. The first kappa shape index (κ1) is 16.2. The molecule has 2 rings (SSSR count). The number of rotatable bonds is 4. The second kappa shape index (κ2) is 6.30. The Morgan fingerprint density at radius 2 is 1.91 bits per heavy atom. The van der Waals surface area contributed by atoms with E-state index in [0.717, 1.165) is 17.9 Å². The van der Waals surface area contributed by atoms with Crippen molar-refractivity contribution >= 4 is 5.91 Å². The van der Waals surface area contributed by atoms with Gasteiger partial charge in [0.2, 0.25) is 5.91 Å². The van der Waals surface area contributed by atoms with Gasteiger partial charge in [-0.05, 0) is 29.5 Å². The van der Waals surface area contributed by atoms with E-state index in [1.165, 1.54) is 18.8 Å². The van der Waals surface area contributed by atoms with Gasteiger partial charge in [0.25, 0.3) is 0 Å². The average molecular weight is 300 g/mol. The SMILES string of the molecule is CC[C@@H](NC(C)=O)c1ncnn1-c1ccc(C(C)(C)C)cc1. The molecule has 5 heteroatoms. The summed E-state index contributed by atoms with van der Waals surface area (Å²) in [7, 11) is 0. The molecule has 0 unspecified atom stereocenters. The van der Waals surface area contributed by atoms with Gasteiger partial charge in [0, 0.05) is 6.92 Å². The minimum absolute atomic E-state index is 0.0653. The van der Waals surface area contributed by atoms with Crippen LogP contribution in [0.15, 0.2) is 30.6 Å². The summed E-state index contributed by atoms with van der Waals surface area (Å²) >= 11 is 0. The summed E-state index contributed by atoms with van der Waals surface area (Å²) in [5, 5.41) is 7.22. The largest absolute Gasteiger partial charge is 0.346 e. The second-order valence-electron chi connectivity index (χ2n) is 6.49. The molecule has 0 saturated carbocycles. The highest BCUT2D eigenvalue weighted by Gasteiger charge is 2.19. The Hall–Kier alpha value is -2.17. The molecule has 0 bridgehead atoms. The van der Waals surface area contributed by atoms with Gasteiger partial charge < -0.3 is 5.32 Å². The highest BCUT2D eigenvalue weighted by molar-refractivity contribution is 5.73. The van der Waals surface area contributed by atoms with Crippen LogP contribution in [0.5, 0.6) is 0 Å². The molecule has 2 aromatic rings. The minimum atomic E-state index is -0.137. The van der Waals surface area contributed by atoms with Crippen molar-refractivity contribution in [2.24, 2.45) is 0 Å². The van der Waals surface area contributed by atoms with Gasteiger partial charge in [0.15, 0.2) is 5.82 Å². The lowest BCUT2D eigenvalue weighted by molar-refractivity contribution is -0.119. The third-order valence-electron chi connectivity index (χ3n) is 3.65. The number of carbonyl (C=O) groups is 1. The van der Waals surface area contributed by atoms with E-state index in [-0.39, 0.29) is 17.4 Å². The van der Waals surface area contributed by atoms with Crippen LogP contribution in [0.3, 0.4) is 0 Å². The maximum Gasteiger partial charge on any atom is 0.217 e. The van der Waals surface area contributed by atoms with Crippen molar-refractivity contribution < 1.29 is 4.79 Å². The Bertz CT molecular complexity index is 637. The predicted octanol–water partition coefficient (Wildman–Crippen LogP) is 3.15. The van der Waals surface area contributed by atoms with E-state index in [2.05, 4.69) is 48.3 Å². The molecule has 5 nitrogen and oxygen atoms in total. The smallest absolute Gasteiger partial charge is 0.217 e. The molecule has 118 valence electrons. The molecule has 22 heavy (non-hydrogen) atoms. The fraction of sp³-hybridized carbons (Fsp3) is 0.471. The summed E-state index contributed by atoms with van der Waals surface area (Å²) in [5.74, 6) is 0.686. The van der Waals surface area contributed by atoms with Gasteiger partial charge in [0.1, 0.15) is 6.33 Å². The highest BCUT2D eigenvalue weighted by Crippen LogP contribution is 2.24. The van der Waals surface area contributed by atoms with Gasteiger partial charge >= 0.3 is 0 Å². The summed E-state index contributed by atoms with van der Waals surface area (Å²) in [4.78, 5) is 15.7. The molecule has 1 amide bonds. The first-order chi connectivity index (χ1) is 10.3. The quantitative estimate of drug-likeness (QED) is 0.943. The molecule has 0 radical (unpaired) electrons. The number of hydrogen-bond donors (Lipinski definition) is 1. The van der Waals surface area contributed by atoms with Crippen molar-refractivity contribution in [1.29, 1.82) is 0 Å². The van der Waals surface area contributed by atoms with Gasteiger partial charge in [-0.2, -0.15) is 5.10 Å². The van der Waals surface area contributed by atoms with Crippen LogP contribution in [0.4, 0.5) is 0 Å². The first-order valence-electron chi connectivity index (χ1n) is 7.61. The Morgan fingerprint density at radius 1 is 1.27 bits per heavy atom. The molecule has 0 fully saturated rings. The van der Waals surface area contributed by atoms with E-state index in [4.69, 9.17) is 0 Å². The molecular weight excluding hydrogens is 276 g/mol. The molecule has 1 N–H and O–H groups in total. The summed E-state index contributed by atoms with van der Waals surface area (Å²) in [6, 6.07) is 8.17. The monoisotopic (exact) mass is 300 g/mol. The minimum Gasteiger partial charge on any atom is -0.346 e. The standard InChI is InChI=1S/C17H24N4O/c1-6-15(20-12(2)22)16-18-11-19-21(16)14-9-7-13(8-10-14)17(3,4)5/h7-11,15H,6H2,1-5H3,(H,20,22)/t15-/m1/s1. The molecular formula is C17H24N4O. The van der Waals surface area contributed by atoms with E-state index >= 15 is 0 Å². The predicted molar refractivity (Wildman–Crippen MR) is 86.9 cm³/mol. The lowest BCUT2D eigenvalue weighted by Crippen LogP contribution is -2.28. The fourth-order valence-electron chi connectivity index (χ4n) is 2.38. The number of benzene rings is 1. The van der Waals surface area contributed by atoms with Gasteiger partial charge in [-0.15, -0.1) is 0 Å². The van der Waals surface area contributed by atoms with E-state index < -0.39 is 0 Å². The lowest BCUT2D eigenvalue weighted by atomic mass is 9.87. The normalized spacial score (nSPS) is 13.0. The Morgan fingerprint density at radius 3 is 2.41 bits per heavy atom. The third kappa shape index (κ3) is 3.53. The Balaban J connectivity index is 2.34. The third-order valence-corrected chi connectivity index (χ3v) is 3.65. The molecule has 0 aliphatic carbocycles. The number of nitrogens with zero attached hydrogens (tertiary/aromatic N) is 3. The zero-order valence-electron chi connectivity index (χ0n) is 13.9. The second-order valence-corrected chi connectivity index (χ2v) is 6.49. The summed E-state index contributed by atoms with van der Waals surface area (Å²) in [5.41, 5.74) is 2.34. The molecule has 1 aromatic carbocycles. The Kier molecular flexibility index (Phi) is 4.64. The average Bonchev–Trinajstić information content (AvgIpc) is 2.93. The van der Waals surface area contributed by atoms with Crippen molar-refractivity contribution in [3.63, 3.8) is 0 Å². The van der Waals surface area contributed by atoms with Crippen LogP contribution >= 0.6 is 0 Å². The van der Waals surface area contributed by atoms with E-state index in [1.807, 2.05) is 19.1 Å². The first-order valence-corrected chi connectivity index (χ1v) is 7.61. The number of amides is 1. The fourth-order valence-corrected chi connectivity index (χ4v) is 2.38. The van der Waals surface area contributed by atoms with E-state index in [9.17, 15) is 4.79 Å². The maximum absolute atomic E-state index is 11.3. The van der Waals surface area contributed by atoms with Crippen LogP contribution in [0.25, 0.3) is 5.69 Å². The van der Waals surface area contributed by atoms with Crippen molar-refractivity contribution in [3.8, 4) is 5.69 Å². The molecule has 1 atom stereocenters. The Labute approximate surface area is 131 Å². The highest BCUT2D eigenvalue weighted by atomic mass is 16.1. The number of hydrogen-bond acceptors (Lipinski definition) is 3. The molecule has 0 spiro atoms. The van der Waals surface area contributed by atoms with Crippen molar-refractivity contribution in [1.82, 2.24) is 20.1 Å². The summed E-state index contributed by atoms with van der Waals surface area (Å²) < 4.78 is 1.79.